The standard InChI is InChI=1S/C17H28N2S4/c1-13-7-15-8-14(2)10-17(9-13,11-15)19-5-3-18(4-6-19)16(21)23-22-12-20/h12-15H,3-11H2,1-2H3. The molecule has 0 radical (unpaired) electrons. The lowest BCUT2D eigenvalue weighted by Crippen LogP contribution is -2.61. The van der Waals surface area contributed by atoms with Gasteiger partial charge in [-0.2, -0.15) is 0 Å². The predicted molar refractivity (Wildman–Crippen MR) is 112 cm³/mol. The first-order valence-electron chi connectivity index (χ1n) is 8.83. The highest BCUT2D eigenvalue weighted by molar-refractivity contribution is 8.89. The van der Waals surface area contributed by atoms with Gasteiger partial charge < -0.3 is 4.90 Å². The van der Waals surface area contributed by atoms with Gasteiger partial charge >= 0.3 is 0 Å². The monoisotopic (exact) mass is 388 g/mol. The third-order valence-electron chi connectivity index (χ3n) is 5.96. The third kappa shape index (κ3) is 4.25. The van der Waals surface area contributed by atoms with Crippen molar-refractivity contribution in [1.29, 1.82) is 0 Å². The van der Waals surface area contributed by atoms with Gasteiger partial charge in [-0.3, -0.25) is 4.90 Å². The summed E-state index contributed by atoms with van der Waals surface area (Å²) < 4.78 is 2.69. The minimum atomic E-state index is 0.490. The summed E-state index contributed by atoms with van der Waals surface area (Å²) in [6.45, 7) is 9.46. The Balaban J connectivity index is 1.61. The number of hydrogen-bond acceptors (Lipinski definition) is 5. The molecule has 3 fully saturated rings. The molecule has 2 aliphatic carbocycles. The van der Waals surface area contributed by atoms with Crippen LogP contribution in [0.1, 0.15) is 46.0 Å². The van der Waals surface area contributed by atoms with E-state index < -0.39 is 0 Å². The van der Waals surface area contributed by atoms with Crippen LogP contribution in [0.25, 0.3) is 0 Å². The van der Waals surface area contributed by atoms with Crippen molar-refractivity contribution in [2.75, 3.05) is 26.2 Å². The fourth-order valence-corrected chi connectivity index (χ4v) is 7.50. The second-order valence-electron chi connectivity index (χ2n) is 7.90. The molecular weight excluding hydrogens is 360 g/mol. The van der Waals surface area contributed by atoms with Gasteiger partial charge in [0.25, 0.3) is 0 Å². The van der Waals surface area contributed by atoms with E-state index in [-0.39, 0.29) is 0 Å². The van der Waals surface area contributed by atoms with Gasteiger partial charge in [0, 0.05) is 36.4 Å². The fraction of sp³-hybridized carbons (Fsp3) is 0.882. The number of thiocarbonyl (C=S) groups is 2. The zero-order valence-electron chi connectivity index (χ0n) is 14.2. The summed E-state index contributed by atoms with van der Waals surface area (Å²) in [5.74, 6) is 2.76. The van der Waals surface area contributed by atoms with Crippen LogP contribution in [-0.2, 0) is 0 Å². The summed E-state index contributed by atoms with van der Waals surface area (Å²) in [7, 11) is 3.20. The van der Waals surface area contributed by atoms with E-state index >= 15 is 0 Å². The van der Waals surface area contributed by atoms with Crippen LogP contribution >= 0.6 is 46.0 Å². The van der Waals surface area contributed by atoms with Gasteiger partial charge in [0.1, 0.15) is 4.32 Å². The lowest BCUT2D eigenvalue weighted by Gasteiger charge is -2.57. The molecule has 0 amide bonds. The molecule has 23 heavy (non-hydrogen) atoms. The van der Waals surface area contributed by atoms with Gasteiger partial charge in [-0.05, 0) is 71.4 Å². The Kier molecular flexibility index (Phi) is 6.33. The molecular formula is C17H28N2S4. The van der Waals surface area contributed by atoms with E-state index in [2.05, 4.69) is 23.6 Å². The Morgan fingerprint density at radius 3 is 2.22 bits per heavy atom. The molecule has 1 heterocycles. The Bertz CT molecular complexity index is 428. The third-order valence-corrected chi connectivity index (χ3v) is 9.07. The van der Waals surface area contributed by atoms with Gasteiger partial charge in [-0.1, -0.05) is 38.3 Å². The maximum atomic E-state index is 5.54. The van der Waals surface area contributed by atoms with E-state index in [4.69, 9.17) is 24.4 Å². The van der Waals surface area contributed by atoms with Gasteiger partial charge in [0.15, 0.2) is 0 Å². The van der Waals surface area contributed by atoms with Crippen molar-refractivity contribution in [3.8, 4) is 0 Å². The first-order chi connectivity index (χ1) is 11.0. The van der Waals surface area contributed by atoms with Gasteiger partial charge in [-0.25, -0.2) is 0 Å². The van der Waals surface area contributed by atoms with Crippen LogP contribution in [0.2, 0.25) is 0 Å². The van der Waals surface area contributed by atoms with Crippen molar-refractivity contribution in [2.24, 2.45) is 17.8 Å². The van der Waals surface area contributed by atoms with Gasteiger partial charge in [0.05, 0.1) is 0 Å². The molecule has 130 valence electrons. The highest BCUT2D eigenvalue weighted by Gasteiger charge is 2.48. The SMILES string of the molecule is CC1CC2CC(C)CC(N3CCN(C(=S)SSC=S)CC3)(C1)C2. The Labute approximate surface area is 159 Å². The summed E-state index contributed by atoms with van der Waals surface area (Å²) in [6.07, 6.45) is 7.19. The fourth-order valence-electron chi connectivity index (χ4n) is 5.52. The van der Waals surface area contributed by atoms with Crippen molar-refractivity contribution in [1.82, 2.24) is 9.80 Å². The molecule has 1 saturated heterocycles. The predicted octanol–water partition coefficient (Wildman–Crippen LogP) is 4.83. The molecule has 2 nitrogen and oxygen atoms in total. The summed E-state index contributed by atoms with van der Waals surface area (Å²) >= 11 is 10.4. The van der Waals surface area contributed by atoms with E-state index in [0.29, 0.717) is 5.54 Å². The van der Waals surface area contributed by atoms with E-state index in [1.165, 1.54) is 45.2 Å². The molecule has 0 aromatic carbocycles. The minimum Gasteiger partial charge on any atom is -0.354 e. The van der Waals surface area contributed by atoms with Crippen LogP contribution in [0, 0.1) is 17.8 Å². The van der Waals surface area contributed by atoms with Crippen LogP contribution in [0.3, 0.4) is 0 Å². The van der Waals surface area contributed by atoms with Crippen LogP contribution in [0.4, 0.5) is 0 Å². The Morgan fingerprint density at radius 2 is 1.65 bits per heavy atom. The zero-order valence-corrected chi connectivity index (χ0v) is 17.5. The molecule has 2 bridgehead atoms. The van der Waals surface area contributed by atoms with Crippen molar-refractivity contribution in [3.05, 3.63) is 0 Å². The highest BCUT2D eigenvalue weighted by Crippen LogP contribution is 2.50. The number of hydrogen-bond donors (Lipinski definition) is 0. The number of rotatable bonds is 3. The molecule has 0 aromatic heterocycles. The minimum absolute atomic E-state index is 0.490. The topological polar surface area (TPSA) is 6.48 Å². The van der Waals surface area contributed by atoms with Gasteiger partial charge in [0.2, 0.25) is 0 Å². The van der Waals surface area contributed by atoms with Crippen molar-refractivity contribution < 1.29 is 0 Å². The Morgan fingerprint density at radius 1 is 1.04 bits per heavy atom. The lowest BCUT2D eigenvalue weighted by molar-refractivity contribution is -0.0527. The number of fused-ring (bicyclic) bond motifs is 2. The summed E-state index contributed by atoms with van der Waals surface area (Å²) in [6, 6.07) is 0. The van der Waals surface area contributed by atoms with Crippen LogP contribution < -0.4 is 0 Å². The quantitative estimate of drug-likeness (QED) is 0.501. The maximum absolute atomic E-state index is 5.54. The summed E-state index contributed by atoms with van der Waals surface area (Å²) in [4.78, 5) is 5.20. The summed E-state index contributed by atoms with van der Waals surface area (Å²) in [5.41, 5.74) is 0.490. The normalized spacial score (nSPS) is 38.3. The molecule has 3 rings (SSSR count). The largest absolute Gasteiger partial charge is 0.354 e. The zero-order chi connectivity index (χ0) is 16.4. The second kappa shape index (κ2) is 7.90. The molecule has 1 aliphatic heterocycles. The highest BCUT2D eigenvalue weighted by atomic mass is 33.1. The van der Waals surface area contributed by atoms with E-state index in [1.807, 2.05) is 0 Å². The molecule has 3 aliphatic rings. The van der Waals surface area contributed by atoms with E-state index in [0.717, 1.165) is 35.2 Å². The van der Waals surface area contributed by atoms with Crippen LogP contribution in [0.5, 0.6) is 0 Å². The molecule has 2 unspecified atom stereocenters. The van der Waals surface area contributed by atoms with Crippen molar-refractivity contribution in [2.45, 2.75) is 51.5 Å². The molecule has 0 spiro atoms. The average Bonchev–Trinajstić information content (AvgIpc) is 2.51. The smallest absolute Gasteiger partial charge is 0.147 e. The lowest BCUT2D eigenvalue weighted by atomic mass is 9.60. The molecule has 0 aromatic rings. The Hall–Kier alpha value is 0.640. The molecule has 0 N–H and O–H groups in total. The molecule has 2 atom stereocenters. The average molecular weight is 389 g/mol. The van der Waals surface area contributed by atoms with Crippen molar-refractivity contribution >= 4 is 55.0 Å². The summed E-state index contributed by atoms with van der Waals surface area (Å²) in [5, 5.41) is 0. The van der Waals surface area contributed by atoms with E-state index in [1.54, 1.807) is 26.3 Å². The number of piperazine rings is 1. The maximum Gasteiger partial charge on any atom is 0.147 e. The van der Waals surface area contributed by atoms with Gasteiger partial charge in [-0.15, -0.1) is 0 Å². The molecule has 6 heteroatoms. The van der Waals surface area contributed by atoms with Crippen LogP contribution in [0.15, 0.2) is 0 Å². The first kappa shape index (κ1) is 18.4. The number of nitrogens with zero attached hydrogens (tertiary/aromatic N) is 2. The second-order valence-corrected chi connectivity index (χ2v) is 11.1. The van der Waals surface area contributed by atoms with Crippen molar-refractivity contribution in [3.63, 3.8) is 0 Å². The molecule has 2 saturated carbocycles. The van der Waals surface area contributed by atoms with E-state index in [9.17, 15) is 0 Å². The van der Waals surface area contributed by atoms with Crippen LogP contribution in [-0.4, -0.2) is 50.5 Å². The first-order valence-corrected chi connectivity index (χ1v) is 11.9.